The SMILES string of the molecule is Cn1c(=O)c2ncn(CC(=O)Nc3ccc4oc(-c5cc(I)ccc5Cl)nc4c3)c2n(C)c1=O. The number of amides is 1. The molecule has 0 aliphatic heterocycles. The second-order valence-electron chi connectivity index (χ2n) is 7.62. The molecule has 0 saturated carbocycles. The van der Waals surface area contributed by atoms with E-state index in [0.29, 0.717) is 33.3 Å². The van der Waals surface area contributed by atoms with E-state index in [4.69, 9.17) is 16.0 Å². The van der Waals surface area contributed by atoms with Crippen LogP contribution in [0.15, 0.2) is 56.7 Å². The Morgan fingerprint density at radius 3 is 2.74 bits per heavy atom. The van der Waals surface area contributed by atoms with Crippen molar-refractivity contribution in [2.75, 3.05) is 5.32 Å². The number of hydrogen-bond acceptors (Lipinski definition) is 6. The normalized spacial score (nSPS) is 11.4. The number of nitrogens with one attached hydrogen (secondary N) is 1. The number of rotatable bonds is 4. The number of aryl methyl sites for hydroxylation is 1. The Balaban J connectivity index is 1.42. The van der Waals surface area contributed by atoms with Gasteiger partial charge in [-0.1, -0.05) is 11.6 Å². The van der Waals surface area contributed by atoms with Gasteiger partial charge < -0.3 is 14.3 Å². The second-order valence-corrected chi connectivity index (χ2v) is 9.28. The van der Waals surface area contributed by atoms with Crippen LogP contribution in [0.3, 0.4) is 0 Å². The highest BCUT2D eigenvalue weighted by Crippen LogP contribution is 2.32. The molecular formula is C22H16ClIN6O4. The van der Waals surface area contributed by atoms with Crippen molar-refractivity contribution in [1.82, 2.24) is 23.7 Å². The average Bonchev–Trinajstić information content (AvgIpc) is 3.41. The van der Waals surface area contributed by atoms with Crippen LogP contribution in [-0.2, 0) is 25.4 Å². The number of imidazole rings is 1. The number of nitrogens with zero attached hydrogens (tertiary/aromatic N) is 5. The molecule has 3 aromatic heterocycles. The van der Waals surface area contributed by atoms with Gasteiger partial charge in [-0.3, -0.25) is 18.7 Å². The van der Waals surface area contributed by atoms with Crippen molar-refractivity contribution in [2.24, 2.45) is 14.1 Å². The summed E-state index contributed by atoms with van der Waals surface area (Å²) in [6, 6.07) is 10.7. The first kappa shape index (κ1) is 22.3. The number of carbonyl (C=O) groups excluding carboxylic acids is 1. The highest BCUT2D eigenvalue weighted by molar-refractivity contribution is 14.1. The summed E-state index contributed by atoms with van der Waals surface area (Å²) in [6.07, 6.45) is 1.36. The fraction of sp³-hybridized carbons (Fsp3) is 0.136. The molecule has 34 heavy (non-hydrogen) atoms. The number of halogens is 2. The molecule has 0 radical (unpaired) electrons. The lowest BCUT2D eigenvalue weighted by molar-refractivity contribution is -0.116. The van der Waals surface area contributed by atoms with Gasteiger partial charge in [-0.15, -0.1) is 0 Å². The van der Waals surface area contributed by atoms with Gasteiger partial charge in [0.2, 0.25) is 11.8 Å². The Kier molecular flexibility index (Phi) is 5.52. The summed E-state index contributed by atoms with van der Waals surface area (Å²) in [5.74, 6) is 0.0190. The molecule has 2 aromatic carbocycles. The number of carbonyl (C=O) groups is 1. The Bertz CT molecular complexity index is 1730. The van der Waals surface area contributed by atoms with Gasteiger partial charge in [0.05, 0.1) is 16.9 Å². The minimum atomic E-state index is -0.516. The van der Waals surface area contributed by atoms with Gasteiger partial charge in [0.1, 0.15) is 17.7 Å². The summed E-state index contributed by atoms with van der Waals surface area (Å²) < 4.78 is 10.6. The smallest absolute Gasteiger partial charge is 0.332 e. The standard InChI is InChI=1S/C22H16ClIN6O4/c1-28-20-18(21(32)29(2)22(28)33)25-10-30(20)9-17(31)26-12-4-6-16-15(8-12)27-19(34-16)13-7-11(24)3-5-14(13)23/h3-8,10H,9H2,1-2H3,(H,26,31). The number of oxazole rings is 1. The number of benzene rings is 2. The van der Waals surface area contributed by atoms with Crippen molar-refractivity contribution in [3.63, 3.8) is 0 Å². The molecule has 3 heterocycles. The molecule has 0 saturated heterocycles. The molecule has 10 nitrogen and oxygen atoms in total. The lowest BCUT2D eigenvalue weighted by Gasteiger charge is -2.09. The first-order valence-corrected chi connectivity index (χ1v) is 11.5. The molecule has 1 N–H and O–H groups in total. The van der Waals surface area contributed by atoms with Gasteiger partial charge in [0.25, 0.3) is 5.56 Å². The topological polar surface area (TPSA) is 117 Å². The van der Waals surface area contributed by atoms with Gasteiger partial charge in [-0.25, -0.2) is 14.8 Å². The van der Waals surface area contributed by atoms with E-state index >= 15 is 0 Å². The molecule has 0 fully saturated rings. The first-order chi connectivity index (χ1) is 16.2. The lowest BCUT2D eigenvalue weighted by Crippen LogP contribution is -2.37. The lowest BCUT2D eigenvalue weighted by atomic mass is 10.2. The van der Waals surface area contributed by atoms with Crippen LogP contribution in [-0.4, -0.2) is 29.6 Å². The summed E-state index contributed by atoms with van der Waals surface area (Å²) in [7, 11) is 2.91. The monoisotopic (exact) mass is 590 g/mol. The highest BCUT2D eigenvalue weighted by atomic mass is 127. The zero-order valence-corrected chi connectivity index (χ0v) is 20.8. The third kappa shape index (κ3) is 3.80. The molecule has 0 atom stereocenters. The van der Waals surface area contributed by atoms with Crippen LogP contribution in [0, 0.1) is 3.57 Å². The molecule has 1 amide bonds. The Hall–Kier alpha value is -3.45. The molecule has 5 rings (SSSR count). The predicted molar refractivity (Wildman–Crippen MR) is 136 cm³/mol. The summed E-state index contributed by atoms with van der Waals surface area (Å²) in [6.45, 7) is -0.142. The fourth-order valence-electron chi connectivity index (χ4n) is 3.69. The van der Waals surface area contributed by atoms with E-state index in [0.717, 1.165) is 8.14 Å². The van der Waals surface area contributed by atoms with Crippen LogP contribution >= 0.6 is 34.2 Å². The summed E-state index contributed by atoms with van der Waals surface area (Å²) in [5.41, 5.74) is 1.67. The fourth-order valence-corrected chi connectivity index (χ4v) is 4.38. The van der Waals surface area contributed by atoms with E-state index in [1.165, 1.54) is 29.6 Å². The first-order valence-electron chi connectivity index (χ1n) is 9.99. The van der Waals surface area contributed by atoms with E-state index in [-0.39, 0.29) is 23.6 Å². The van der Waals surface area contributed by atoms with E-state index in [9.17, 15) is 14.4 Å². The maximum absolute atomic E-state index is 12.7. The second kappa shape index (κ2) is 8.40. The third-order valence-electron chi connectivity index (χ3n) is 5.35. The molecule has 0 unspecified atom stereocenters. The largest absolute Gasteiger partial charge is 0.436 e. The van der Waals surface area contributed by atoms with Crippen molar-refractivity contribution in [3.8, 4) is 11.5 Å². The van der Waals surface area contributed by atoms with Crippen LogP contribution in [0.1, 0.15) is 0 Å². The van der Waals surface area contributed by atoms with Crippen LogP contribution in [0.4, 0.5) is 5.69 Å². The average molecular weight is 591 g/mol. The number of aromatic nitrogens is 5. The minimum absolute atomic E-state index is 0.114. The van der Waals surface area contributed by atoms with E-state index < -0.39 is 11.2 Å². The molecule has 0 bridgehead atoms. The number of fused-ring (bicyclic) bond motifs is 2. The van der Waals surface area contributed by atoms with Gasteiger partial charge in [-0.05, 0) is 59.0 Å². The molecule has 0 aliphatic carbocycles. The molecular weight excluding hydrogens is 575 g/mol. The summed E-state index contributed by atoms with van der Waals surface area (Å²) in [4.78, 5) is 45.9. The van der Waals surface area contributed by atoms with E-state index in [1.54, 1.807) is 24.3 Å². The molecule has 0 spiro atoms. The Labute approximate surface area is 209 Å². The van der Waals surface area contributed by atoms with Crippen LogP contribution in [0.2, 0.25) is 5.02 Å². The maximum atomic E-state index is 12.7. The quantitative estimate of drug-likeness (QED) is 0.322. The zero-order chi connectivity index (χ0) is 24.1. The number of anilines is 1. The van der Waals surface area contributed by atoms with E-state index in [2.05, 4.69) is 37.9 Å². The van der Waals surface area contributed by atoms with Gasteiger partial charge in [0.15, 0.2) is 11.1 Å². The third-order valence-corrected chi connectivity index (χ3v) is 6.35. The van der Waals surface area contributed by atoms with Crippen molar-refractivity contribution < 1.29 is 9.21 Å². The van der Waals surface area contributed by atoms with Crippen molar-refractivity contribution in [1.29, 1.82) is 0 Å². The van der Waals surface area contributed by atoms with Gasteiger partial charge >= 0.3 is 5.69 Å². The van der Waals surface area contributed by atoms with Crippen LogP contribution in [0.5, 0.6) is 0 Å². The van der Waals surface area contributed by atoms with Gasteiger partial charge in [-0.2, -0.15) is 0 Å². The molecule has 5 aromatic rings. The minimum Gasteiger partial charge on any atom is -0.436 e. The summed E-state index contributed by atoms with van der Waals surface area (Å²) in [5, 5.41) is 3.32. The number of hydrogen-bond donors (Lipinski definition) is 1. The van der Waals surface area contributed by atoms with Crippen LogP contribution < -0.4 is 16.6 Å². The Morgan fingerprint density at radius 2 is 1.94 bits per heavy atom. The molecule has 0 aliphatic rings. The van der Waals surface area contributed by atoms with Crippen molar-refractivity contribution in [2.45, 2.75) is 6.54 Å². The summed E-state index contributed by atoms with van der Waals surface area (Å²) >= 11 is 8.48. The predicted octanol–water partition coefficient (Wildman–Crippen LogP) is 3.14. The molecule has 12 heteroatoms. The molecule has 172 valence electrons. The van der Waals surface area contributed by atoms with Gasteiger partial charge in [0, 0.05) is 23.4 Å². The Morgan fingerprint density at radius 1 is 1.15 bits per heavy atom. The zero-order valence-electron chi connectivity index (χ0n) is 17.9. The highest BCUT2D eigenvalue weighted by Gasteiger charge is 2.17. The maximum Gasteiger partial charge on any atom is 0.332 e. The van der Waals surface area contributed by atoms with Crippen molar-refractivity contribution >= 4 is 68.0 Å². The van der Waals surface area contributed by atoms with Crippen LogP contribution in [0.25, 0.3) is 33.7 Å². The van der Waals surface area contributed by atoms with E-state index in [1.807, 2.05) is 12.1 Å². The van der Waals surface area contributed by atoms with Crippen molar-refractivity contribution in [3.05, 3.63) is 72.2 Å².